The summed E-state index contributed by atoms with van der Waals surface area (Å²) >= 11 is 0. The average molecular weight is 463 g/mol. The number of anilines is 2. The van der Waals surface area contributed by atoms with Crippen molar-refractivity contribution in [3.05, 3.63) is 64.4 Å². The Labute approximate surface area is 201 Å². The van der Waals surface area contributed by atoms with Crippen LogP contribution in [0, 0.1) is 0 Å². The molecule has 0 aliphatic carbocycles. The summed E-state index contributed by atoms with van der Waals surface area (Å²) in [7, 11) is 3.58. The van der Waals surface area contributed by atoms with Crippen LogP contribution in [0.25, 0.3) is 16.9 Å². The van der Waals surface area contributed by atoms with Gasteiger partial charge in [0.25, 0.3) is 5.56 Å². The summed E-state index contributed by atoms with van der Waals surface area (Å²) in [4.78, 5) is 18.0. The molecule has 7 nitrogen and oxygen atoms in total. The second kappa shape index (κ2) is 10.3. The molecule has 2 aromatic carbocycles. The Hall–Kier alpha value is -3.32. The predicted octanol–water partition coefficient (Wildman–Crippen LogP) is 4.32. The second-order valence-electron chi connectivity index (χ2n) is 8.88. The first-order valence-electron chi connectivity index (χ1n) is 11.9. The highest BCUT2D eigenvalue weighted by molar-refractivity contribution is 5.66. The zero-order valence-corrected chi connectivity index (χ0v) is 20.7. The summed E-state index contributed by atoms with van der Waals surface area (Å²) in [6, 6.07) is 16.0. The lowest BCUT2D eigenvalue weighted by Crippen LogP contribution is -2.36. The lowest BCUT2D eigenvalue weighted by molar-refractivity contribution is 0.122. The molecule has 0 N–H and O–H groups in total. The van der Waals surface area contributed by atoms with Crippen molar-refractivity contribution in [2.24, 2.45) is 0 Å². The number of rotatable bonds is 7. The Morgan fingerprint density at radius 3 is 2.56 bits per heavy atom. The summed E-state index contributed by atoms with van der Waals surface area (Å²) in [5, 5.41) is 4.87. The van der Waals surface area contributed by atoms with Crippen molar-refractivity contribution >= 4 is 11.4 Å². The van der Waals surface area contributed by atoms with Gasteiger partial charge in [0.1, 0.15) is 11.4 Å². The number of ether oxygens (including phenoxy) is 2. The minimum Gasteiger partial charge on any atom is -0.497 e. The van der Waals surface area contributed by atoms with Crippen molar-refractivity contribution in [1.29, 1.82) is 0 Å². The largest absolute Gasteiger partial charge is 0.497 e. The van der Waals surface area contributed by atoms with Gasteiger partial charge < -0.3 is 19.3 Å². The molecule has 0 amide bonds. The molecule has 7 heteroatoms. The Bertz CT molecular complexity index is 1200. The molecule has 1 saturated heterocycles. The molecular formula is C27H34N4O3. The highest BCUT2D eigenvalue weighted by Crippen LogP contribution is 2.30. The molecule has 1 fully saturated rings. The van der Waals surface area contributed by atoms with E-state index in [0.717, 1.165) is 47.0 Å². The van der Waals surface area contributed by atoms with Crippen LogP contribution < -0.4 is 20.1 Å². The van der Waals surface area contributed by atoms with Gasteiger partial charge in [-0.05, 0) is 48.7 Å². The van der Waals surface area contributed by atoms with E-state index in [1.54, 1.807) is 11.8 Å². The molecule has 0 atom stereocenters. The number of nitrogens with zero attached hydrogens (tertiary/aromatic N) is 4. The van der Waals surface area contributed by atoms with Gasteiger partial charge in [-0.2, -0.15) is 9.78 Å². The van der Waals surface area contributed by atoms with Crippen LogP contribution in [0.2, 0.25) is 0 Å². The van der Waals surface area contributed by atoms with Gasteiger partial charge >= 0.3 is 0 Å². The molecule has 0 bridgehead atoms. The Morgan fingerprint density at radius 2 is 1.88 bits per heavy atom. The molecule has 0 spiro atoms. The molecule has 1 aromatic heterocycles. The van der Waals surface area contributed by atoms with E-state index in [1.807, 2.05) is 49.2 Å². The molecule has 180 valence electrons. The van der Waals surface area contributed by atoms with Crippen molar-refractivity contribution in [3.63, 3.8) is 0 Å². The second-order valence-corrected chi connectivity index (χ2v) is 8.88. The van der Waals surface area contributed by atoms with E-state index in [2.05, 4.69) is 36.9 Å². The number of hydrogen-bond acceptors (Lipinski definition) is 6. The van der Waals surface area contributed by atoms with Gasteiger partial charge in [0.05, 0.1) is 31.7 Å². The zero-order chi connectivity index (χ0) is 24.2. The number of morpholine rings is 1. The Balaban J connectivity index is 1.94. The number of hydrogen-bond donors (Lipinski definition) is 0. The van der Waals surface area contributed by atoms with Crippen LogP contribution in [0.5, 0.6) is 5.75 Å². The van der Waals surface area contributed by atoms with Crippen LogP contribution in [0.4, 0.5) is 11.4 Å². The number of benzene rings is 2. The van der Waals surface area contributed by atoms with Gasteiger partial charge in [0.15, 0.2) is 0 Å². The van der Waals surface area contributed by atoms with E-state index in [0.29, 0.717) is 25.4 Å². The lowest BCUT2D eigenvalue weighted by atomic mass is 10.00. The Morgan fingerprint density at radius 1 is 1.12 bits per heavy atom. The average Bonchev–Trinajstić information content (AvgIpc) is 2.88. The molecule has 1 aliphatic heterocycles. The van der Waals surface area contributed by atoms with Crippen molar-refractivity contribution in [1.82, 2.24) is 9.78 Å². The number of aromatic nitrogens is 2. The molecule has 34 heavy (non-hydrogen) atoms. The maximum atomic E-state index is 13.7. The number of methoxy groups -OCH3 is 1. The topological polar surface area (TPSA) is 59.8 Å². The first kappa shape index (κ1) is 23.8. The fraction of sp³-hybridized carbons (Fsp3) is 0.407. The summed E-state index contributed by atoms with van der Waals surface area (Å²) in [6.45, 7) is 10.1. The fourth-order valence-corrected chi connectivity index (χ4v) is 4.23. The maximum absolute atomic E-state index is 13.7. The molecule has 0 saturated carbocycles. The van der Waals surface area contributed by atoms with Gasteiger partial charge in [0, 0.05) is 37.9 Å². The highest BCUT2D eigenvalue weighted by atomic mass is 16.5. The van der Waals surface area contributed by atoms with Crippen molar-refractivity contribution in [2.75, 3.05) is 56.8 Å². The predicted molar refractivity (Wildman–Crippen MR) is 138 cm³/mol. The van der Waals surface area contributed by atoms with Crippen LogP contribution in [-0.2, 0) is 4.74 Å². The third-order valence-electron chi connectivity index (χ3n) is 6.38. The molecule has 3 aromatic rings. The maximum Gasteiger partial charge on any atom is 0.295 e. The summed E-state index contributed by atoms with van der Waals surface area (Å²) in [5.41, 5.74) is 5.08. The third-order valence-corrected chi connectivity index (χ3v) is 6.38. The van der Waals surface area contributed by atoms with Crippen molar-refractivity contribution in [2.45, 2.75) is 26.7 Å². The molecular weight excluding hydrogens is 428 g/mol. The zero-order valence-electron chi connectivity index (χ0n) is 20.7. The standard InChI is InChI=1S/C27H34N4O3/c1-6-29(4)26-18-24(20-8-7-9-22(16-20)33-5)28-31(27(26)32)25-17-21(10-11-23(25)19(2)3)30-12-14-34-15-13-30/h7-11,16-19H,6,12-15H2,1-5H3. The summed E-state index contributed by atoms with van der Waals surface area (Å²) < 4.78 is 12.5. The normalized spacial score (nSPS) is 13.9. The van der Waals surface area contributed by atoms with E-state index in [9.17, 15) is 4.79 Å². The van der Waals surface area contributed by atoms with Crippen LogP contribution in [-0.4, -0.2) is 56.8 Å². The molecule has 0 radical (unpaired) electrons. The van der Waals surface area contributed by atoms with Gasteiger partial charge in [-0.1, -0.05) is 32.0 Å². The van der Waals surface area contributed by atoms with Crippen molar-refractivity contribution < 1.29 is 9.47 Å². The summed E-state index contributed by atoms with van der Waals surface area (Å²) in [6.07, 6.45) is 0. The van der Waals surface area contributed by atoms with E-state index in [-0.39, 0.29) is 11.5 Å². The highest BCUT2D eigenvalue weighted by Gasteiger charge is 2.20. The first-order chi connectivity index (χ1) is 16.4. The molecule has 4 rings (SSSR count). The monoisotopic (exact) mass is 462 g/mol. The lowest BCUT2D eigenvalue weighted by Gasteiger charge is -2.30. The van der Waals surface area contributed by atoms with E-state index >= 15 is 0 Å². The minimum atomic E-state index is -0.128. The quantitative estimate of drug-likeness (QED) is 0.521. The third kappa shape index (κ3) is 4.80. The van der Waals surface area contributed by atoms with E-state index < -0.39 is 0 Å². The van der Waals surface area contributed by atoms with E-state index in [1.165, 1.54) is 0 Å². The van der Waals surface area contributed by atoms with Gasteiger partial charge in [-0.25, -0.2) is 0 Å². The first-order valence-corrected chi connectivity index (χ1v) is 11.9. The van der Waals surface area contributed by atoms with Crippen LogP contribution in [0.15, 0.2) is 53.3 Å². The SMILES string of the molecule is CCN(C)c1cc(-c2cccc(OC)c2)nn(-c2cc(N3CCOCC3)ccc2C(C)C)c1=O. The van der Waals surface area contributed by atoms with Gasteiger partial charge in [-0.15, -0.1) is 0 Å². The minimum absolute atomic E-state index is 0.128. The molecule has 0 unspecified atom stereocenters. The van der Waals surface area contributed by atoms with Gasteiger partial charge in [0.2, 0.25) is 0 Å². The molecule has 2 heterocycles. The molecule has 1 aliphatic rings. The van der Waals surface area contributed by atoms with Gasteiger partial charge in [-0.3, -0.25) is 4.79 Å². The van der Waals surface area contributed by atoms with E-state index in [4.69, 9.17) is 14.6 Å². The smallest absolute Gasteiger partial charge is 0.295 e. The van der Waals surface area contributed by atoms with Crippen molar-refractivity contribution in [3.8, 4) is 22.7 Å². The van der Waals surface area contributed by atoms with Crippen LogP contribution in [0.3, 0.4) is 0 Å². The summed E-state index contributed by atoms with van der Waals surface area (Å²) in [5.74, 6) is 0.981. The Kier molecular flexibility index (Phi) is 7.22. The van der Waals surface area contributed by atoms with Crippen LogP contribution >= 0.6 is 0 Å². The fourth-order valence-electron chi connectivity index (χ4n) is 4.23. The van der Waals surface area contributed by atoms with Crippen LogP contribution in [0.1, 0.15) is 32.3 Å².